The van der Waals surface area contributed by atoms with Crippen molar-refractivity contribution in [2.75, 3.05) is 5.32 Å². The number of carbonyl (C=O) groups is 1. The van der Waals surface area contributed by atoms with Gasteiger partial charge < -0.3 is 10.4 Å². The van der Waals surface area contributed by atoms with Crippen LogP contribution in [0.25, 0.3) is 0 Å². The first-order chi connectivity index (χ1) is 9.06. The number of anilines is 1. The third kappa shape index (κ3) is 3.78. The van der Waals surface area contributed by atoms with Crippen molar-refractivity contribution in [1.29, 1.82) is 0 Å². The number of nitrogens with one attached hydrogen (secondary N) is 1. The van der Waals surface area contributed by atoms with E-state index in [1.807, 2.05) is 18.2 Å². The second-order valence-corrected chi connectivity index (χ2v) is 5.59. The molecule has 0 bridgehead atoms. The number of rotatable bonds is 4. The number of aromatic nitrogens is 1. The minimum Gasteiger partial charge on any atom is -0.478 e. The van der Waals surface area contributed by atoms with Gasteiger partial charge >= 0.3 is 5.97 Å². The van der Waals surface area contributed by atoms with E-state index in [1.54, 1.807) is 12.1 Å². The molecule has 2 rings (SSSR count). The van der Waals surface area contributed by atoms with Crippen molar-refractivity contribution in [2.45, 2.75) is 6.54 Å². The number of nitrogens with zero attached hydrogens (tertiary/aromatic N) is 1. The first kappa shape index (κ1) is 14.0. The molecule has 19 heavy (non-hydrogen) atoms. The lowest BCUT2D eigenvalue weighted by Gasteiger charge is -2.08. The summed E-state index contributed by atoms with van der Waals surface area (Å²) in [7, 11) is 0. The van der Waals surface area contributed by atoms with Gasteiger partial charge in [-0.05, 0) is 46.3 Å². The van der Waals surface area contributed by atoms with Gasteiger partial charge in [-0.1, -0.05) is 15.9 Å². The highest BCUT2D eigenvalue weighted by atomic mass is 79.9. The molecule has 1 aromatic carbocycles. The zero-order valence-electron chi connectivity index (χ0n) is 9.73. The van der Waals surface area contributed by atoms with Crippen LogP contribution < -0.4 is 5.32 Å². The highest BCUT2D eigenvalue weighted by Crippen LogP contribution is 2.26. The summed E-state index contributed by atoms with van der Waals surface area (Å²) in [5, 5.41) is 12.0. The van der Waals surface area contributed by atoms with E-state index in [2.05, 4.69) is 42.2 Å². The minimum absolute atomic E-state index is 0.187. The Morgan fingerprint density at radius 1 is 1.26 bits per heavy atom. The molecule has 98 valence electrons. The van der Waals surface area contributed by atoms with Gasteiger partial charge in [0.25, 0.3) is 0 Å². The van der Waals surface area contributed by atoms with Crippen molar-refractivity contribution in [1.82, 2.24) is 4.98 Å². The first-order valence-corrected chi connectivity index (χ1v) is 7.02. The number of pyridine rings is 1. The van der Waals surface area contributed by atoms with Crippen molar-refractivity contribution in [3.05, 3.63) is 56.7 Å². The van der Waals surface area contributed by atoms with Crippen molar-refractivity contribution in [3.63, 3.8) is 0 Å². The van der Waals surface area contributed by atoms with Gasteiger partial charge in [-0.15, -0.1) is 0 Å². The quantitative estimate of drug-likeness (QED) is 0.837. The third-order valence-corrected chi connectivity index (χ3v) is 3.64. The maximum atomic E-state index is 10.7. The van der Waals surface area contributed by atoms with Crippen LogP contribution in [0.2, 0.25) is 0 Å². The van der Waals surface area contributed by atoms with E-state index in [1.165, 1.54) is 6.20 Å². The molecule has 1 heterocycles. The average Bonchev–Trinajstić information content (AvgIpc) is 2.40. The summed E-state index contributed by atoms with van der Waals surface area (Å²) in [5.74, 6) is -0.971. The molecule has 0 amide bonds. The molecule has 0 atom stereocenters. The molecule has 0 fully saturated rings. The summed E-state index contributed by atoms with van der Waals surface area (Å²) in [5.41, 5.74) is 1.91. The molecule has 0 radical (unpaired) electrons. The van der Waals surface area contributed by atoms with Gasteiger partial charge in [-0.25, -0.2) is 4.79 Å². The van der Waals surface area contributed by atoms with Crippen LogP contribution in [0.1, 0.15) is 16.1 Å². The SMILES string of the molecule is O=C(O)c1ccc(CNc2cc(Br)ccc2Br)nc1. The van der Waals surface area contributed by atoms with E-state index in [0.717, 1.165) is 20.3 Å². The van der Waals surface area contributed by atoms with Crippen molar-refractivity contribution < 1.29 is 9.90 Å². The molecule has 1 aromatic heterocycles. The molecule has 0 aliphatic carbocycles. The van der Waals surface area contributed by atoms with Gasteiger partial charge in [0.2, 0.25) is 0 Å². The number of carboxylic acids is 1. The van der Waals surface area contributed by atoms with E-state index in [4.69, 9.17) is 5.11 Å². The summed E-state index contributed by atoms with van der Waals surface area (Å²) in [6.45, 7) is 0.523. The third-order valence-electron chi connectivity index (χ3n) is 2.46. The van der Waals surface area contributed by atoms with Gasteiger partial charge in [-0.2, -0.15) is 0 Å². The fourth-order valence-corrected chi connectivity index (χ4v) is 2.22. The Morgan fingerprint density at radius 2 is 2.05 bits per heavy atom. The summed E-state index contributed by atoms with van der Waals surface area (Å²) in [4.78, 5) is 14.8. The summed E-state index contributed by atoms with van der Waals surface area (Å²) >= 11 is 6.86. The molecule has 0 saturated heterocycles. The summed E-state index contributed by atoms with van der Waals surface area (Å²) < 4.78 is 1.94. The Balaban J connectivity index is 2.06. The lowest BCUT2D eigenvalue weighted by Crippen LogP contribution is -2.04. The normalized spacial score (nSPS) is 10.2. The van der Waals surface area contributed by atoms with Crippen LogP contribution in [0.3, 0.4) is 0 Å². The lowest BCUT2D eigenvalue weighted by atomic mass is 10.2. The number of hydrogen-bond donors (Lipinski definition) is 2. The molecule has 4 nitrogen and oxygen atoms in total. The van der Waals surface area contributed by atoms with Crippen LogP contribution in [0.5, 0.6) is 0 Å². The van der Waals surface area contributed by atoms with E-state index in [0.29, 0.717) is 6.54 Å². The second-order valence-electron chi connectivity index (χ2n) is 3.82. The molecule has 0 unspecified atom stereocenters. The number of hydrogen-bond acceptors (Lipinski definition) is 3. The highest BCUT2D eigenvalue weighted by molar-refractivity contribution is 9.11. The van der Waals surface area contributed by atoms with Gasteiger partial charge in [0.15, 0.2) is 0 Å². The van der Waals surface area contributed by atoms with Crippen LogP contribution in [-0.4, -0.2) is 16.1 Å². The van der Waals surface area contributed by atoms with E-state index < -0.39 is 5.97 Å². The van der Waals surface area contributed by atoms with Gasteiger partial charge in [0.1, 0.15) is 0 Å². The predicted octanol–water partition coefficient (Wildman–Crippen LogP) is 3.92. The fraction of sp³-hybridized carbons (Fsp3) is 0.0769. The molecule has 6 heteroatoms. The van der Waals surface area contributed by atoms with Crippen molar-refractivity contribution in [3.8, 4) is 0 Å². The molecule has 2 aromatic rings. The van der Waals surface area contributed by atoms with Gasteiger partial charge in [-0.3, -0.25) is 4.98 Å². The first-order valence-electron chi connectivity index (χ1n) is 5.43. The zero-order chi connectivity index (χ0) is 13.8. The molecule has 0 spiro atoms. The number of aromatic carboxylic acids is 1. The lowest BCUT2D eigenvalue weighted by molar-refractivity contribution is 0.0696. The maximum Gasteiger partial charge on any atom is 0.337 e. The largest absolute Gasteiger partial charge is 0.478 e. The standard InChI is InChI=1S/C13H10Br2N2O2/c14-9-2-4-11(15)12(5-9)17-7-10-3-1-8(6-16-10)13(18)19/h1-6,17H,7H2,(H,18,19). The number of carboxylic acid groups (broad SMARTS) is 1. The van der Waals surface area contributed by atoms with Crippen LogP contribution >= 0.6 is 31.9 Å². The van der Waals surface area contributed by atoms with Crippen molar-refractivity contribution in [2.24, 2.45) is 0 Å². The van der Waals surface area contributed by atoms with Crippen LogP contribution in [0.4, 0.5) is 5.69 Å². The summed E-state index contributed by atoms with van der Waals surface area (Å²) in [6, 6.07) is 9.07. The molecular weight excluding hydrogens is 376 g/mol. The van der Waals surface area contributed by atoms with Crippen LogP contribution in [0, 0.1) is 0 Å². The monoisotopic (exact) mass is 384 g/mol. The van der Waals surface area contributed by atoms with Gasteiger partial charge in [0, 0.05) is 20.8 Å². The Kier molecular flexibility index (Phi) is 4.55. The Bertz CT molecular complexity index is 600. The molecule has 0 aliphatic heterocycles. The average molecular weight is 386 g/mol. The molecule has 2 N–H and O–H groups in total. The second kappa shape index (κ2) is 6.16. The molecular formula is C13H10Br2N2O2. The van der Waals surface area contributed by atoms with E-state index >= 15 is 0 Å². The maximum absolute atomic E-state index is 10.7. The van der Waals surface area contributed by atoms with Crippen LogP contribution in [-0.2, 0) is 6.54 Å². The van der Waals surface area contributed by atoms with E-state index in [9.17, 15) is 4.79 Å². The number of halogens is 2. The number of benzene rings is 1. The van der Waals surface area contributed by atoms with Crippen molar-refractivity contribution >= 4 is 43.5 Å². The minimum atomic E-state index is -0.971. The van der Waals surface area contributed by atoms with Gasteiger partial charge in [0.05, 0.1) is 17.8 Å². The topological polar surface area (TPSA) is 62.2 Å². The molecule has 0 saturated carbocycles. The Labute approximate surface area is 127 Å². The highest BCUT2D eigenvalue weighted by Gasteiger charge is 2.04. The Hall–Kier alpha value is -1.40. The zero-order valence-corrected chi connectivity index (χ0v) is 12.9. The van der Waals surface area contributed by atoms with Crippen LogP contribution in [0.15, 0.2) is 45.5 Å². The summed E-state index contributed by atoms with van der Waals surface area (Å²) in [6.07, 6.45) is 1.36. The predicted molar refractivity (Wildman–Crippen MR) is 80.4 cm³/mol. The van der Waals surface area contributed by atoms with E-state index in [-0.39, 0.29) is 5.56 Å². The Morgan fingerprint density at radius 3 is 2.68 bits per heavy atom. The fourth-order valence-electron chi connectivity index (χ4n) is 1.47. The molecule has 0 aliphatic rings. The smallest absolute Gasteiger partial charge is 0.337 e.